The number of benzene rings is 2. The predicted octanol–water partition coefficient (Wildman–Crippen LogP) is 2.40. The maximum Gasteiger partial charge on any atom is 0.408 e. The van der Waals surface area contributed by atoms with Crippen molar-refractivity contribution < 1.29 is 29.0 Å². The van der Waals surface area contributed by atoms with Gasteiger partial charge in [-0.3, -0.25) is 9.59 Å². The zero-order valence-electron chi connectivity index (χ0n) is 19.4. The van der Waals surface area contributed by atoms with Crippen molar-refractivity contribution in [1.29, 1.82) is 0 Å². The standard InChI is InChI=1S/C25H28N4O6/c1-15(2)12-19(28-25(34)35-14-16-8-4-3-5-9-16)22(30)27-20-13-26-21(29-23(20)31)17-10-6-7-11-18(17)24(32)33/h3-11,13,15,19,21,26H,12,14H2,1-2H3,(H,27,30)(H,28,34)(H,29,31)(H,32,33). The molecule has 0 fully saturated rings. The highest BCUT2D eigenvalue weighted by atomic mass is 16.5. The van der Waals surface area contributed by atoms with E-state index in [9.17, 15) is 24.3 Å². The number of hydrogen-bond donors (Lipinski definition) is 5. The van der Waals surface area contributed by atoms with E-state index in [-0.39, 0.29) is 23.8 Å². The smallest absolute Gasteiger partial charge is 0.408 e. The van der Waals surface area contributed by atoms with Crippen LogP contribution in [0.5, 0.6) is 0 Å². The first-order valence-corrected chi connectivity index (χ1v) is 11.1. The topological polar surface area (TPSA) is 146 Å². The molecule has 5 N–H and O–H groups in total. The van der Waals surface area contributed by atoms with Crippen LogP contribution in [0.15, 0.2) is 66.5 Å². The SMILES string of the molecule is CC(C)CC(NC(=O)OCc1ccccc1)C(=O)NC1=CNC(c2ccccc2C(=O)O)NC1=O. The van der Waals surface area contributed by atoms with Crippen LogP contribution in [0.2, 0.25) is 0 Å². The van der Waals surface area contributed by atoms with E-state index in [1.54, 1.807) is 18.2 Å². The van der Waals surface area contributed by atoms with Crippen LogP contribution in [0.3, 0.4) is 0 Å². The van der Waals surface area contributed by atoms with E-state index >= 15 is 0 Å². The van der Waals surface area contributed by atoms with Crippen LogP contribution >= 0.6 is 0 Å². The molecule has 3 rings (SSSR count). The largest absolute Gasteiger partial charge is 0.478 e. The second-order valence-electron chi connectivity index (χ2n) is 8.40. The van der Waals surface area contributed by atoms with Crippen molar-refractivity contribution >= 4 is 23.9 Å². The Morgan fingerprint density at radius 3 is 2.40 bits per heavy atom. The lowest BCUT2D eigenvalue weighted by atomic mass is 10.0. The van der Waals surface area contributed by atoms with Gasteiger partial charge in [0, 0.05) is 11.8 Å². The Kier molecular flexibility index (Phi) is 8.44. The molecule has 0 radical (unpaired) electrons. The molecule has 0 aliphatic carbocycles. The van der Waals surface area contributed by atoms with E-state index in [2.05, 4.69) is 21.3 Å². The van der Waals surface area contributed by atoms with Crippen LogP contribution in [0.4, 0.5) is 4.79 Å². The third-order valence-corrected chi connectivity index (χ3v) is 5.20. The van der Waals surface area contributed by atoms with Gasteiger partial charge in [-0.05, 0) is 24.0 Å². The lowest BCUT2D eigenvalue weighted by molar-refractivity contribution is -0.126. The Labute approximate surface area is 202 Å². The molecule has 3 amide bonds. The molecule has 1 heterocycles. The fourth-order valence-electron chi connectivity index (χ4n) is 3.52. The summed E-state index contributed by atoms with van der Waals surface area (Å²) in [7, 11) is 0. The summed E-state index contributed by atoms with van der Waals surface area (Å²) in [5.74, 6) is -2.23. The number of carbonyl (C=O) groups is 4. The van der Waals surface area contributed by atoms with E-state index in [1.807, 2.05) is 44.2 Å². The quantitative estimate of drug-likeness (QED) is 0.370. The fraction of sp³-hybridized carbons (Fsp3) is 0.280. The third kappa shape index (κ3) is 7.07. The maximum absolute atomic E-state index is 12.9. The summed E-state index contributed by atoms with van der Waals surface area (Å²) in [6, 6.07) is 14.5. The molecule has 0 bridgehead atoms. The lowest BCUT2D eigenvalue weighted by Crippen LogP contribution is -2.51. The molecule has 184 valence electrons. The van der Waals surface area contributed by atoms with Crippen LogP contribution in [0.1, 0.15) is 47.9 Å². The first kappa shape index (κ1) is 25.3. The summed E-state index contributed by atoms with van der Waals surface area (Å²) >= 11 is 0. The Balaban J connectivity index is 1.63. The number of hydrogen-bond acceptors (Lipinski definition) is 6. The van der Waals surface area contributed by atoms with E-state index in [4.69, 9.17) is 4.74 Å². The molecule has 10 nitrogen and oxygen atoms in total. The van der Waals surface area contributed by atoms with Gasteiger partial charge in [0.15, 0.2) is 0 Å². The minimum atomic E-state index is -1.12. The molecule has 2 unspecified atom stereocenters. The van der Waals surface area contributed by atoms with E-state index in [0.717, 1.165) is 5.56 Å². The van der Waals surface area contributed by atoms with E-state index < -0.39 is 36.1 Å². The normalized spacial score (nSPS) is 15.8. The van der Waals surface area contributed by atoms with Gasteiger partial charge in [0.05, 0.1) is 5.56 Å². The third-order valence-electron chi connectivity index (χ3n) is 5.20. The van der Waals surface area contributed by atoms with Gasteiger partial charge in [-0.2, -0.15) is 0 Å². The lowest BCUT2D eigenvalue weighted by Gasteiger charge is -2.27. The summed E-state index contributed by atoms with van der Waals surface area (Å²) in [5, 5.41) is 20.0. The van der Waals surface area contributed by atoms with Gasteiger partial charge in [0.1, 0.15) is 24.5 Å². The second-order valence-corrected chi connectivity index (χ2v) is 8.40. The molecule has 0 saturated heterocycles. The first-order valence-electron chi connectivity index (χ1n) is 11.1. The maximum atomic E-state index is 12.9. The van der Waals surface area contributed by atoms with E-state index in [1.165, 1.54) is 12.3 Å². The summed E-state index contributed by atoms with van der Waals surface area (Å²) in [5.41, 5.74) is 1.16. The number of alkyl carbamates (subject to hydrolysis) is 1. The Morgan fingerprint density at radius 1 is 1.06 bits per heavy atom. The summed E-state index contributed by atoms with van der Waals surface area (Å²) < 4.78 is 5.21. The molecular formula is C25H28N4O6. The van der Waals surface area contributed by atoms with Crippen LogP contribution in [-0.4, -0.2) is 35.0 Å². The molecule has 0 saturated carbocycles. The summed E-state index contributed by atoms with van der Waals surface area (Å²) in [6.45, 7) is 3.85. The Hall–Kier alpha value is -4.34. The summed E-state index contributed by atoms with van der Waals surface area (Å²) in [4.78, 5) is 49.3. The number of carbonyl (C=O) groups excluding carboxylic acids is 3. The average molecular weight is 481 g/mol. The van der Waals surface area contributed by atoms with Crippen molar-refractivity contribution in [1.82, 2.24) is 21.3 Å². The number of carboxylic acid groups (broad SMARTS) is 1. The Bertz CT molecular complexity index is 1120. The van der Waals surface area contributed by atoms with Gasteiger partial charge in [-0.25, -0.2) is 9.59 Å². The number of rotatable bonds is 9. The zero-order valence-corrected chi connectivity index (χ0v) is 19.4. The number of ether oxygens (including phenoxy) is 1. The van der Waals surface area contributed by atoms with Gasteiger partial charge in [-0.15, -0.1) is 0 Å². The molecule has 35 heavy (non-hydrogen) atoms. The van der Waals surface area contributed by atoms with Gasteiger partial charge in [-0.1, -0.05) is 62.4 Å². The molecule has 0 spiro atoms. The summed E-state index contributed by atoms with van der Waals surface area (Å²) in [6.07, 6.45) is 0.0943. The van der Waals surface area contributed by atoms with Crippen molar-refractivity contribution in [3.8, 4) is 0 Å². The molecule has 10 heteroatoms. The second kappa shape index (κ2) is 11.7. The molecule has 2 atom stereocenters. The fourth-order valence-corrected chi connectivity index (χ4v) is 3.52. The van der Waals surface area contributed by atoms with Crippen LogP contribution in [0.25, 0.3) is 0 Å². The number of carboxylic acids is 1. The van der Waals surface area contributed by atoms with Gasteiger partial charge < -0.3 is 31.1 Å². The molecule has 0 aromatic heterocycles. The van der Waals surface area contributed by atoms with Crippen molar-refractivity contribution in [3.63, 3.8) is 0 Å². The van der Waals surface area contributed by atoms with Crippen molar-refractivity contribution in [2.75, 3.05) is 0 Å². The highest BCUT2D eigenvalue weighted by molar-refractivity contribution is 6.00. The molecule has 2 aromatic rings. The molecule has 2 aromatic carbocycles. The zero-order chi connectivity index (χ0) is 25.4. The Morgan fingerprint density at radius 2 is 1.74 bits per heavy atom. The first-order chi connectivity index (χ1) is 16.7. The monoisotopic (exact) mass is 480 g/mol. The number of aromatic carboxylic acids is 1. The van der Waals surface area contributed by atoms with Crippen molar-refractivity contribution in [2.45, 2.75) is 39.1 Å². The van der Waals surface area contributed by atoms with Crippen LogP contribution < -0.4 is 21.3 Å². The molecule has 1 aliphatic rings. The van der Waals surface area contributed by atoms with Crippen molar-refractivity contribution in [2.24, 2.45) is 5.92 Å². The highest BCUT2D eigenvalue weighted by Crippen LogP contribution is 2.19. The van der Waals surface area contributed by atoms with Gasteiger partial charge in [0.2, 0.25) is 5.91 Å². The van der Waals surface area contributed by atoms with Crippen LogP contribution in [0, 0.1) is 5.92 Å². The molecular weight excluding hydrogens is 452 g/mol. The average Bonchev–Trinajstić information content (AvgIpc) is 2.84. The minimum absolute atomic E-state index is 0.0430. The van der Waals surface area contributed by atoms with Gasteiger partial charge >= 0.3 is 12.1 Å². The number of nitrogens with one attached hydrogen (secondary N) is 4. The van der Waals surface area contributed by atoms with E-state index in [0.29, 0.717) is 12.0 Å². The van der Waals surface area contributed by atoms with Gasteiger partial charge in [0.25, 0.3) is 5.91 Å². The molecule has 1 aliphatic heterocycles. The van der Waals surface area contributed by atoms with Crippen LogP contribution in [-0.2, 0) is 20.9 Å². The minimum Gasteiger partial charge on any atom is -0.478 e. The number of amides is 3. The highest BCUT2D eigenvalue weighted by Gasteiger charge is 2.29. The van der Waals surface area contributed by atoms with Crippen molar-refractivity contribution in [3.05, 3.63) is 83.2 Å². The predicted molar refractivity (Wildman–Crippen MR) is 127 cm³/mol.